The van der Waals surface area contributed by atoms with Gasteiger partial charge in [-0.15, -0.1) is 0 Å². The molecule has 0 aliphatic carbocycles. The number of rotatable bonds is 8. The Hall–Kier alpha value is -4.55. The van der Waals surface area contributed by atoms with Gasteiger partial charge in [-0.3, -0.25) is 14.9 Å². The second-order valence-electron chi connectivity index (χ2n) is 8.81. The van der Waals surface area contributed by atoms with Crippen LogP contribution in [0.4, 0.5) is 11.5 Å². The van der Waals surface area contributed by atoms with Gasteiger partial charge >= 0.3 is 5.69 Å². The summed E-state index contributed by atoms with van der Waals surface area (Å²) in [7, 11) is 0. The Balaban J connectivity index is 0.00000336. The van der Waals surface area contributed by atoms with Crippen LogP contribution in [-0.2, 0) is 17.7 Å². The summed E-state index contributed by atoms with van der Waals surface area (Å²) in [4.78, 5) is 34.0. The van der Waals surface area contributed by atoms with Crippen molar-refractivity contribution in [1.29, 1.82) is 0 Å². The molecule has 0 radical (unpaired) electrons. The van der Waals surface area contributed by atoms with E-state index in [0.29, 0.717) is 50.5 Å². The van der Waals surface area contributed by atoms with Crippen molar-refractivity contribution in [3.05, 3.63) is 88.9 Å². The minimum atomic E-state index is -0.539. The topological polar surface area (TPSA) is 169 Å². The molecule has 1 fully saturated rings. The lowest BCUT2D eigenvalue weighted by molar-refractivity contribution is -0.384. The molecule has 3 aromatic heterocycles. The number of imidazole rings is 1. The number of amides is 1. The number of nitrogen functional groups attached to an aromatic ring is 1. The lowest BCUT2D eigenvalue weighted by Gasteiger charge is -2.27. The number of aromatic nitrogens is 4. The van der Waals surface area contributed by atoms with E-state index in [4.69, 9.17) is 10.5 Å². The normalized spacial score (nSPS) is 13.2. The molecule has 4 aromatic rings. The number of ether oxygens (including phenoxy) is 1. The highest BCUT2D eigenvalue weighted by molar-refractivity contribution is 6.01. The number of morpholine rings is 1. The second-order valence-corrected chi connectivity index (χ2v) is 8.81. The van der Waals surface area contributed by atoms with Crippen LogP contribution in [0.1, 0.15) is 22.5 Å². The molecule has 0 unspecified atom stereocenters. The molecule has 0 spiro atoms. The largest absolute Gasteiger partial charge is 0.378 e. The van der Waals surface area contributed by atoms with Crippen molar-refractivity contribution in [2.45, 2.75) is 19.4 Å². The lowest BCUT2D eigenvalue weighted by atomic mass is 10.0. The number of nitrogens with two attached hydrogens (primary N) is 1. The number of hydrogen-bond acceptors (Lipinski definition) is 8. The van der Waals surface area contributed by atoms with Gasteiger partial charge in [0, 0.05) is 67.4 Å². The Labute approximate surface area is 219 Å². The molecule has 0 saturated carbocycles. The van der Waals surface area contributed by atoms with E-state index in [1.807, 2.05) is 56.9 Å². The first kappa shape index (κ1) is 26.5. The molecule has 1 aliphatic heterocycles. The van der Waals surface area contributed by atoms with Gasteiger partial charge in [0.15, 0.2) is 0 Å². The molecule has 1 amide bonds. The number of hydrogen-bond donors (Lipinski definition) is 2. The van der Waals surface area contributed by atoms with Gasteiger partial charge in [-0.2, -0.15) is 0 Å². The summed E-state index contributed by atoms with van der Waals surface area (Å²) < 4.78 is 9.36. The Morgan fingerprint density at radius 1 is 1.11 bits per heavy atom. The van der Waals surface area contributed by atoms with Crippen LogP contribution in [0.25, 0.3) is 16.8 Å². The van der Waals surface area contributed by atoms with E-state index < -0.39 is 4.92 Å². The first-order chi connectivity index (χ1) is 18.0. The molecule has 0 bridgehead atoms. The van der Waals surface area contributed by atoms with Crippen LogP contribution in [0.15, 0.2) is 67.5 Å². The van der Waals surface area contributed by atoms with Gasteiger partial charge in [-0.25, -0.2) is 9.97 Å². The molecule has 5 rings (SSSR count). The number of nitrogens with zero attached hydrogens (tertiary/aromatic N) is 6. The zero-order valence-corrected chi connectivity index (χ0v) is 20.9. The minimum Gasteiger partial charge on any atom is -0.378 e. The fraction of sp³-hybridized carbons (Fsp3) is 0.269. The van der Waals surface area contributed by atoms with Crippen LogP contribution in [0.3, 0.4) is 0 Å². The van der Waals surface area contributed by atoms with Crippen molar-refractivity contribution in [3.63, 3.8) is 0 Å². The van der Waals surface area contributed by atoms with Crippen LogP contribution < -0.4 is 11.9 Å². The summed E-state index contributed by atoms with van der Waals surface area (Å²) in [5.41, 5.74) is 9.67. The van der Waals surface area contributed by atoms with E-state index in [2.05, 4.69) is 9.97 Å². The number of carbonyl (C=O) groups excluding carboxylic acids is 1. The van der Waals surface area contributed by atoms with Gasteiger partial charge in [0.05, 0.1) is 30.0 Å². The molecule has 198 valence electrons. The highest BCUT2D eigenvalue weighted by atomic mass is 16.6. The molecule has 12 heteroatoms. The summed E-state index contributed by atoms with van der Waals surface area (Å²) in [6.07, 6.45) is 10.6. The smallest absolute Gasteiger partial charge is 0.311 e. The first-order valence-corrected chi connectivity index (χ1v) is 12.0. The number of aryl methyl sites for hydroxylation is 2. The molecule has 4 heterocycles. The van der Waals surface area contributed by atoms with Gasteiger partial charge in [0.2, 0.25) is 5.82 Å². The molecule has 1 aromatic carbocycles. The molecule has 1 saturated heterocycles. The van der Waals surface area contributed by atoms with Gasteiger partial charge in [0.25, 0.3) is 5.91 Å². The third-order valence-corrected chi connectivity index (χ3v) is 6.40. The molecule has 5 N–H and O–H groups in total. The molecule has 12 nitrogen and oxygen atoms in total. The molecular weight excluding hydrogens is 488 g/mol. The van der Waals surface area contributed by atoms with Crippen LogP contribution >= 0.6 is 0 Å². The van der Waals surface area contributed by atoms with Crippen molar-refractivity contribution < 1.29 is 14.5 Å². The minimum absolute atomic E-state index is 0. The molecule has 1 aliphatic rings. The van der Waals surface area contributed by atoms with Gasteiger partial charge in [-0.05, 0) is 36.6 Å². The van der Waals surface area contributed by atoms with Gasteiger partial charge in [-0.1, -0.05) is 12.1 Å². The lowest BCUT2D eigenvalue weighted by Crippen LogP contribution is -2.40. The molecule has 0 atom stereocenters. The maximum absolute atomic E-state index is 13.4. The number of anilines is 1. The van der Waals surface area contributed by atoms with Crippen LogP contribution in [0.5, 0.6) is 0 Å². The van der Waals surface area contributed by atoms with Crippen molar-refractivity contribution in [2.24, 2.45) is 0 Å². The average molecular weight is 519 g/mol. The Morgan fingerprint density at radius 2 is 1.87 bits per heavy atom. The van der Waals surface area contributed by atoms with E-state index in [9.17, 15) is 14.9 Å². The predicted molar refractivity (Wildman–Crippen MR) is 142 cm³/mol. The number of pyridine rings is 1. The SMILES string of the molecule is N.Nc1nc(CCCn2cc(C(=O)N3CCOCC3)c(-c3ccc(-n4ccnc4)cc3)c2)ccc1[N+](=O)[O-]. The summed E-state index contributed by atoms with van der Waals surface area (Å²) in [5.74, 6) is -0.0937. The summed E-state index contributed by atoms with van der Waals surface area (Å²) >= 11 is 0. The number of benzene rings is 1. The number of nitro groups is 1. The van der Waals surface area contributed by atoms with E-state index in [1.54, 1.807) is 18.6 Å². The van der Waals surface area contributed by atoms with Crippen molar-refractivity contribution >= 4 is 17.4 Å². The van der Waals surface area contributed by atoms with Crippen LogP contribution in [-0.4, -0.2) is 61.1 Å². The van der Waals surface area contributed by atoms with E-state index in [1.165, 1.54) is 6.07 Å². The van der Waals surface area contributed by atoms with E-state index in [0.717, 1.165) is 23.2 Å². The zero-order valence-electron chi connectivity index (χ0n) is 20.9. The van der Waals surface area contributed by atoms with Gasteiger partial charge in [0.1, 0.15) is 0 Å². The quantitative estimate of drug-likeness (QED) is 0.264. The predicted octanol–water partition coefficient (Wildman–Crippen LogP) is 3.49. The highest BCUT2D eigenvalue weighted by Crippen LogP contribution is 2.28. The third-order valence-electron chi connectivity index (χ3n) is 6.40. The standard InChI is InChI=1S/C26H27N7O4.H3N/c27-25-24(33(35)36)8-5-20(29-25)2-1-10-30-16-22(23(17-30)26(34)31-12-14-37-15-13-31)19-3-6-21(7-4-19)32-11-9-28-18-32;/h3-9,11,16-18H,1-2,10,12-15H2,(H2,27,29);1H3. The summed E-state index contributed by atoms with van der Waals surface area (Å²) in [6, 6.07) is 11.0. The van der Waals surface area contributed by atoms with E-state index >= 15 is 0 Å². The maximum atomic E-state index is 13.4. The van der Waals surface area contributed by atoms with Crippen molar-refractivity contribution in [2.75, 3.05) is 32.0 Å². The fourth-order valence-electron chi connectivity index (χ4n) is 4.45. The first-order valence-electron chi connectivity index (χ1n) is 12.0. The third kappa shape index (κ3) is 5.71. The van der Waals surface area contributed by atoms with Crippen molar-refractivity contribution in [1.82, 2.24) is 30.2 Å². The fourth-order valence-corrected chi connectivity index (χ4v) is 4.45. The Kier molecular flexibility index (Phi) is 8.14. The summed E-state index contributed by atoms with van der Waals surface area (Å²) in [5, 5.41) is 11.0. The summed E-state index contributed by atoms with van der Waals surface area (Å²) in [6.45, 7) is 2.85. The molecular formula is C26H30N8O4. The van der Waals surface area contributed by atoms with E-state index in [-0.39, 0.29) is 23.6 Å². The Morgan fingerprint density at radius 3 is 2.53 bits per heavy atom. The van der Waals surface area contributed by atoms with Crippen LogP contribution in [0.2, 0.25) is 0 Å². The van der Waals surface area contributed by atoms with Gasteiger partial charge < -0.3 is 30.7 Å². The monoisotopic (exact) mass is 518 g/mol. The highest BCUT2D eigenvalue weighted by Gasteiger charge is 2.23. The zero-order chi connectivity index (χ0) is 25.8. The van der Waals surface area contributed by atoms with Crippen molar-refractivity contribution in [3.8, 4) is 16.8 Å². The number of carbonyl (C=O) groups is 1. The Bertz CT molecular complexity index is 1390. The second kappa shape index (κ2) is 11.7. The average Bonchev–Trinajstić information content (AvgIpc) is 3.60. The van der Waals surface area contributed by atoms with Crippen LogP contribution in [0, 0.1) is 10.1 Å². The molecule has 38 heavy (non-hydrogen) atoms. The maximum Gasteiger partial charge on any atom is 0.311 e.